The number of rotatable bonds is 3. The van der Waals surface area contributed by atoms with Gasteiger partial charge in [0.25, 0.3) is 5.91 Å². The maximum Gasteiger partial charge on any atom is 0.251 e. The van der Waals surface area contributed by atoms with Crippen LogP contribution in [0.15, 0.2) is 48.5 Å². The maximum atomic E-state index is 12.8. The number of nitrogens with one attached hydrogen (secondary N) is 1. The largest absolute Gasteiger partial charge is 0.346 e. The summed E-state index contributed by atoms with van der Waals surface area (Å²) < 4.78 is 12.8. The zero-order chi connectivity index (χ0) is 13.8. The minimum Gasteiger partial charge on any atom is -0.346 e. The van der Waals surface area contributed by atoms with Gasteiger partial charge in [-0.05, 0) is 48.9 Å². The number of carbonyl (C=O) groups excluding carboxylic acids is 1. The van der Waals surface area contributed by atoms with Crippen LogP contribution in [0.5, 0.6) is 0 Å². The Morgan fingerprint density at radius 2 is 1.68 bits per heavy atom. The van der Waals surface area contributed by atoms with Gasteiger partial charge in [0.1, 0.15) is 5.82 Å². The van der Waals surface area contributed by atoms with Gasteiger partial charge in [0, 0.05) is 10.6 Å². The summed E-state index contributed by atoms with van der Waals surface area (Å²) in [5, 5.41) is 3.43. The number of halogens is 2. The predicted octanol–water partition coefficient (Wildman–Crippen LogP) is 3.97. The van der Waals surface area contributed by atoms with Gasteiger partial charge in [-0.3, -0.25) is 4.79 Å². The number of hydrogen-bond donors (Lipinski definition) is 1. The summed E-state index contributed by atoms with van der Waals surface area (Å²) in [7, 11) is 0. The summed E-state index contributed by atoms with van der Waals surface area (Å²) in [5.74, 6) is -0.478. The predicted molar refractivity (Wildman–Crippen MR) is 73.7 cm³/mol. The first kappa shape index (κ1) is 13.6. The topological polar surface area (TPSA) is 29.1 Å². The fourth-order valence-electron chi connectivity index (χ4n) is 1.72. The summed E-state index contributed by atoms with van der Waals surface area (Å²) in [6.07, 6.45) is 0. The summed E-state index contributed by atoms with van der Waals surface area (Å²) in [6, 6.07) is 12.5. The molecule has 2 nitrogen and oxygen atoms in total. The molecular formula is C15H13ClFNO. The van der Waals surface area contributed by atoms with Crippen LogP contribution >= 0.6 is 11.6 Å². The molecule has 0 aliphatic carbocycles. The molecule has 2 aromatic rings. The minimum atomic E-state index is -0.292. The molecule has 19 heavy (non-hydrogen) atoms. The first-order valence-electron chi connectivity index (χ1n) is 5.88. The zero-order valence-electron chi connectivity index (χ0n) is 10.4. The van der Waals surface area contributed by atoms with Crippen LogP contribution in [0.1, 0.15) is 28.9 Å². The van der Waals surface area contributed by atoms with Gasteiger partial charge in [-0.25, -0.2) is 4.39 Å². The Morgan fingerprint density at radius 1 is 1.11 bits per heavy atom. The van der Waals surface area contributed by atoms with Crippen molar-refractivity contribution >= 4 is 17.5 Å². The van der Waals surface area contributed by atoms with E-state index in [-0.39, 0.29) is 17.8 Å². The summed E-state index contributed by atoms with van der Waals surface area (Å²) in [4.78, 5) is 12.0. The molecule has 0 bridgehead atoms. The van der Waals surface area contributed by atoms with Crippen LogP contribution in [0.3, 0.4) is 0 Å². The van der Waals surface area contributed by atoms with E-state index in [2.05, 4.69) is 5.32 Å². The van der Waals surface area contributed by atoms with Crippen LogP contribution in [0.25, 0.3) is 0 Å². The van der Waals surface area contributed by atoms with E-state index in [0.717, 1.165) is 5.56 Å². The fraction of sp³-hybridized carbons (Fsp3) is 0.133. The van der Waals surface area contributed by atoms with Gasteiger partial charge in [-0.15, -0.1) is 0 Å². The second-order valence-electron chi connectivity index (χ2n) is 4.25. The highest BCUT2D eigenvalue weighted by molar-refractivity contribution is 6.30. The Bertz CT molecular complexity index is 566. The summed E-state index contributed by atoms with van der Waals surface area (Å²) in [5.41, 5.74) is 1.39. The van der Waals surface area contributed by atoms with Crippen molar-refractivity contribution in [1.82, 2.24) is 5.32 Å². The third kappa shape index (κ3) is 3.55. The number of hydrogen-bond acceptors (Lipinski definition) is 1. The lowest BCUT2D eigenvalue weighted by atomic mass is 10.1. The van der Waals surface area contributed by atoms with E-state index in [1.807, 2.05) is 6.92 Å². The lowest BCUT2D eigenvalue weighted by molar-refractivity contribution is 0.0940. The first-order chi connectivity index (χ1) is 9.06. The highest BCUT2D eigenvalue weighted by Gasteiger charge is 2.11. The van der Waals surface area contributed by atoms with E-state index < -0.39 is 0 Å². The molecule has 0 heterocycles. The summed E-state index contributed by atoms with van der Waals surface area (Å²) in [6.45, 7) is 1.85. The molecule has 0 fully saturated rings. The smallest absolute Gasteiger partial charge is 0.251 e. The van der Waals surface area contributed by atoms with Gasteiger partial charge in [-0.2, -0.15) is 0 Å². The van der Waals surface area contributed by atoms with Crippen molar-refractivity contribution in [1.29, 1.82) is 0 Å². The van der Waals surface area contributed by atoms with Crippen LogP contribution in [-0.2, 0) is 0 Å². The molecule has 0 aliphatic rings. The SMILES string of the molecule is C[C@@H](NC(=O)c1ccc(Cl)cc1)c1ccc(F)cc1. The molecule has 4 heteroatoms. The molecule has 0 spiro atoms. The molecule has 2 aromatic carbocycles. The third-order valence-electron chi connectivity index (χ3n) is 2.82. The quantitative estimate of drug-likeness (QED) is 0.904. The van der Waals surface area contributed by atoms with E-state index >= 15 is 0 Å². The molecule has 1 amide bonds. The Kier molecular flexibility index (Phi) is 4.17. The van der Waals surface area contributed by atoms with Crippen LogP contribution in [0.2, 0.25) is 5.02 Å². The van der Waals surface area contributed by atoms with E-state index in [1.54, 1.807) is 36.4 Å². The molecule has 0 saturated heterocycles. The molecule has 2 rings (SSSR count). The van der Waals surface area contributed by atoms with Crippen molar-refractivity contribution in [2.24, 2.45) is 0 Å². The van der Waals surface area contributed by atoms with Gasteiger partial charge in [0.05, 0.1) is 6.04 Å². The second-order valence-corrected chi connectivity index (χ2v) is 4.69. The zero-order valence-corrected chi connectivity index (χ0v) is 11.1. The lowest BCUT2D eigenvalue weighted by Crippen LogP contribution is -2.26. The standard InChI is InChI=1S/C15H13ClFNO/c1-10(11-4-8-14(17)9-5-11)18-15(19)12-2-6-13(16)7-3-12/h2-10H,1H3,(H,18,19)/t10-/m1/s1. The average Bonchev–Trinajstić information content (AvgIpc) is 2.40. The second kappa shape index (κ2) is 5.85. The number of carbonyl (C=O) groups is 1. The van der Waals surface area contributed by atoms with Crippen LogP contribution in [-0.4, -0.2) is 5.91 Å². The van der Waals surface area contributed by atoms with Crippen LogP contribution < -0.4 is 5.32 Å². The average molecular weight is 278 g/mol. The Labute approximate surface area is 116 Å². The van der Waals surface area contributed by atoms with Gasteiger partial charge in [0.2, 0.25) is 0 Å². The minimum absolute atomic E-state index is 0.187. The molecule has 0 aromatic heterocycles. The van der Waals surface area contributed by atoms with Gasteiger partial charge in [-0.1, -0.05) is 23.7 Å². The van der Waals surface area contributed by atoms with E-state index in [9.17, 15) is 9.18 Å². The number of amides is 1. The molecule has 0 unspecified atom stereocenters. The monoisotopic (exact) mass is 277 g/mol. The molecule has 1 N–H and O–H groups in total. The Balaban J connectivity index is 2.06. The van der Waals surface area contributed by atoms with Crippen molar-refractivity contribution in [2.45, 2.75) is 13.0 Å². The van der Waals surface area contributed by atoms with Crippen molar-refractivity contribution in [2.75, 3.05) is 0 Å². The normalized spacial score (nSPS) is 11.9. The molecule has 0 saturated carbocycles. The first-order valence-corrected chi connectivity index (χ1v) is 6.26. The van der Waals surface area contributed by atoms with E-state index in [4.69, 9.17) is 11.6 Å². The third-order valence-corrected chi connectivity index (χ3v) is 3.08. The van der Waals surface area contributed by atoms with Gasteiger partial charge < -0.3 is 5.32 Å². The highest BCUT2D eigenvalue weighted by atomic mass is 35.5. The maximum absolute atomic E-state index is 12.8. The van der Waals surface area contributed by atoms with E-state index in [1.165, 1.54) is 12.1 Å². The fourth-order valence-corrected chi connectivity index (χ4v) is 1.84. The highest BCUT2D eigenvalue weighted by Crippen LogP contribution is 2.15. The lowest BCUT2D eigenvalue weighted by Gasteiger charge is -2.14. The van der Waals surface area contributed by atoms with Crippen molar-refractivity contribution < 1.29 is 9.18 Å². The van der Waals surface area contributed by atoms with Crippen molar-refractivity contribution in [3.63, 3.8) is 0 Å². The van der Waals surface area contributed by atoms with Crippen LogP contribution in [0, 0.1) is 5.82 Å². The molecule has 0 radical (unpaired) electrons. The van der Waals surface area contributed by atoms with Crippen LogP contribution in [0.4, 0.5) is 4.39 Å². The summed E-state index contributed by atoms with van der Waals surface area (Å²) >= 11 is 5.77. The molecule has 0 aliphatic heterocycles. The molecule has 98 valence electrons. The van der Waals surface area contributed by atoms with Gasteiger partial charge >= 0.3 is 0 Å². The van der Waals surface area contributed by atoms with E-state index in [0.29, 0.717) is 10.6 Å². The molecular weight excluding hydrogens is 265 g/mol. The Morgan fingerprint density at radius 3 is 2.26 bits per heavy atom. The van der Waals surface area contributed by atoms with Gasteiger partial charge in [0.15, 0.2) is 0 Å². The number of benzene rings is 2. The molecule has 1 atom stereocenters. The van der Waals surface area contributed by atoms with Crippen molar-refractivity contribution in [3.05, 3.63) is 70.5 Å². The Hall–Kier alpha value is -1.87. The van der Waals surface area contributed by atoms with Crippen molar-refractivity contribution in [3.8, 4) is 0 Å².